The lowest BCUT2D eigenvalue weighted by molar-refractivity contribution is -0.155. The van der Waals surface area contributed by atoms with Gasteiger partial charge in [-0.05, 0) is 43.7 Å². The van der Waals surface area contributed by atoms with Gasteiger partial charge in [0.25, 0.3) is 0 Å². The number of esters is 1. The van der Waals surface area contributed by atoms with E-state index < -0.39 is 11.5 Å². The van der Waals surface area contributed by atoms with E-state index in [9.17, 15) is 9.90 Å². The molecule has 0 saturated carbocycles. The van der Waals surface area contributed by atoms with Gasteiger partial charge >= 0.3 is 5.97 Å². The minimum Gasteiger partial charge on any atom is -0.460 e. The second kappa shape index (κ2) is 7.60. The van der Waals surface area contributed by atoms with Gasteiger partial charge in [-0.25, -0.2) is 0 Å². The van der Waals surface area contributed by atoms with Crippen molar-refractivity contribution in [3.05, 3.63) is 35.4 Å². The summed E-state index contributed by atoms with van der Waals surface area (Å²) >= 11 is 0. The number of aliphatic hydroxyl groups is 1. The van der Waals surface area contributed by atoms with Gasteiger partial charge in [-0.1, -0.05) is 45.0 Å². The molecule has 0 aromatic heterocycles. The zero-order chi connectivity index (χ0) is 16.0. The predicted octanol–water partition coefficient (Wildman–Crippen LogP) is 4.25. The number of ether oxygens (including phenoxy) is 1. The van der Waals surface area contributed by atoms with E-state index >= 15 is 0 Å². The summed E-state index contributed by atoms with van der Waals surface area (Å²) in [5.41, 5.74) is 1.41. The molecule has 0 saturated heterocycles. The predicted molar refractivity (Wildman–Crippen MR) is 84.7 cm³/mol. The molecule has 3 heteroatoms. The molecule has 1 atom stereocenters. The van der Waals surface area contributed by atoms with Crippen molar-refractivity contribution in [1.29, 1.82) is 0 Å². The van der Waals surface area contributed by atoms with Crippen molar-refractivity contribution in [3.8, 4) is 0 Å². The molecule has 0 spiro atoms. The van der Waals surface area contributed by atoms with Crippen LogP contribution in [0.15, 0.2) is 24.3 Å². The highest BCUT2D eigenvalue weighted by Crippen LogP contribution is 2.23. The van der Waals surface area contributed by atoms with Gasteiger partial charge in [0.05, 0.1) is 11.5 Å². The van der Waals surface area contributed by atoms with Crippen molar-refractivity contribution in [3.63, 3.8) is 0 Å². The summed E-state index contributed by atoms with van der Waals surface area (Å²) in [5.74, 6) is 0.283. The van der Waals surface area contributed by atoms with Crippen LogP contribution in [0.25, 0.3) is 0 Å². The van der Waals surface area contributed by atoms with Crippen LogP contribution in [0.2, 0.25) is 0 Å². The summed E-state index contributed by atoms with van der Waals surface area (Å²) in [6.45, 7) is 10.2. The number of carbonyl (C=O) groups is 1. The van der Waals surface area contributed by atoms with Crippen molar-refractivity contribution in [1.82, 2.24) is 0 Å². The molecule has 1 unspecified atom stereocenters. The monoisotopic (exact) mass is 292 g/mol. The van der Waals surface area contributed by atoms with Crippen LogP contribution in [0.3, 0.4) is 0 Å². The largest absolute Gasteiger partial charge is 0.460 e. The van der Waals surface area contributed by atoms with Gasteiger partial charge in [0.15, 0.2) is 0 Å². The maximum atomic E-state index is 11.9. The Bertz CT molecular complexity index is 446. The van der Waals surface area contributed by atoms with Gasteiger partial charge in [0.1, 0.15) is 6.61 Å². The Labute approximate surface area is 128 Å². The molecular weight excluding hydrogens is 264 g/mol. The molecule has 0 fully saturated rings. The smallest absolute Gasteiger partial charge is 0.311 e. The minimum absolute atomic E-state index is 0.172. The maximum Gasteiger partial charge on any atom is 0.311 e. The number of hydrogen-bond donors (Lipinski definition) is 1. The van der Waals surface area contributed by atoms with Crippen LogP contribution >= 0.6 is 0 Å². The van der Waals surface area contributed by atoms with Gasteiger partial charge in [0, 0.05) is 0 Å². The Morgan fingerprint density at radius 2 is 1.81 bits per heavy atom. The van der Waals surface area contributed by atoms with Gasteiger partial charge in [-0.3, -0.25) is 4.79 Å². The molecular formula is C18H28O3. The van der Waals surface area contributed by atoms with Crippen molar-refractivity contribution in [2.45, 2.75) is 60.2 Å². The Kier molecular flexibility index (Phi) is 6.41. The summed E-state index contributed by atoms with van der Waals surface area (Å²) in [5, 5.41) is 10.1. The molecule has 21 heavy (non-hydrogen) atoms. The van der Waals surface area contributed by atoms with Crippen LogP contribution in [0.5, 0.6) is 0 Å². The highest BCUT2D eigenvalue weighted by Gasteiger charge is 2.26. The molecule has 118 valence electrons. The summed E-state index contributed by atoms with van der Waals surface area (Å²) < 4.78 is 5.35. The Hall–Kier alpha value is -1.35. The standard InChI is InChI=1S/C18H28O3/c1-6-18(4,5)17(20)21-12-14-7-9-15(10-8-14)16(19)11-13(2)3/h7-10,13,16,19H,6,11-12H2,1-5H3. The second-order valence-corrected chi connectivity index (χ2v) is 6.70. The second-order valence-electron chi connectivity index (χ2n) is 6.70. The third kappa shape index (κ3) is 5.50. The minimum atomic E-state index is -0.437. The number of carbonyl (C=O) groups excluding carboxylic acids is 1. The Morgan fingerprint density at radius 1 is 1.24 bits per heavy atom. The van der Waals surface area contributed by atoms with E-state index in [1.807, 2.05) is 45.0 Å². The van der Waals surface area contributed by atoms with Crippen LogP contribution in [-0.4, -0.2) is 11.1 Å². The summed E-state index contributed by atoms with van der Waals surface area (Å²) in [6, 6.07) is 7.62. The highest BCUT2D eigenvalue weighted by molar-refractivity contribution is 5.75. The van der Waals surface area contributed by atoms with E-state index in [1.54, 1.807) is 0 Å². The number of benzene rings is 1. The molecule has 3 nitrogen and oxygen atoms in total. The lowest BCUT2D eigenvalue weighted by Gasteiger charge is -2.20. The highest BCUT2D eigenvalue weighted by atomic mass is 16.5. The number of hydrogen-bond acceptors (Lipinski definition) is 3. The quantitative estimate of drug-likeness (QED) is 0.764. The molecule has 0 heterocycles. The summed E-state index contributed by atoms with van der Waals surface area (Å²) in [6.07, 6.45) is 1.08. The molecule has 0 aliphatic heterocycles. The normalized spacial score (nSPS) is 13.3. The number of rotatable bonds is 7. The van der Waals surface area contributed by atoms with Crippen molar-refractivity contribution in [2.24, 2.45) is 11.3 Å². The zero-order valence-electron chi connectivity index (χ0n) is 13.8. The summed E-state index contributed by atoms with van der Waals surface area (Å²) in [7, 11) is 0. The topological polar surface area (TPSA) is 46.5 Å². The van der Waals surface area contributed by atoms with Crippen molar-refractivity contribution in [2.75, 3.05) is 0 Å². The first-order valence-corrected chi connectivity index (χ1v) is 7.70. The van der Waals surface area contributed by atoms with E-state index in [2.05, 4.69) is 13.8 Å². The van der Waals surface area contributed by atoms with Crippen LogP contribution < -0.4 is 0 Å². The molecule has 0 radical (unpaired) electrons. The number of aliphatic hydroxyl groups excluding tert-OH is 1. The molecule has 1 N–H and O–H groups in total. The molecule has 0 aliphatic rings. The molecule has 1 aromatic carbocycles. The van der Waals surface area contributed by atoms with Gasteiger partial charge < -0.3 is 9.84 Å². The van der Waals surface area contributed by atoms with Crippen LogP contribution in [0, 0.1) is 11.3 Å². The molecule has 0 bridgehead atoms. The lowest BCUT2D eigenvalue weighted by atomic mass is 9.91. The Morgan fingerprint density at radius 3 is 2.29 bits per heavy atom. The van der Waals surface area contributed by atoms with Crippen molar-refractivity contribution < 1.29 is 14.6 Å². The SMILES string of the molecule is CCC(C)(C)C(=O)OCc1ccc(C(O)CC(C)C)cc1. The third-order valence-corrected chi connectivity index (χ3v) is 3.87. The maximum absolute atomic E-state index is 11.9. The lowest BCUT2D eigenvalue weighted by Crippen LogP contribution is -2.25. The first-order valence-electron chi connectivity index (χ1n) is 7.70. The molecule has 1 aromatic rings. The van der Waals surface area contributed by atoms with E-state index in [0.29, 0.717) is 5.92 Å². The van der Waals surface area contributed by atoms with Crippen LogP contribution in [0.1, 0.15) is 64.7 Å². The molecule has 1 rings (SSSR count). The van der Waals surface area contributed by atoms with Crippen LogP contribution in [0.4, 0.5) is 0 Å². The van der Waals surface area contributed by atoms with E-state index in [1.165, 1.54) is 0 Å². The van der Waals surface area contributed by atoms with E-state index in [4.69, 9.17) is 4.74 Å². The molecule has 0 aliphatic carbocycles. The van der Waals surface area contributed by atoms with Crippen molar-refractivity contribution >= 4 is 5.97 Å². The molecule has 0 amide bonds. The third-order valence-electron chi connectivity index (χ3n) is 3.87. The first kappa shape index (κ1) is 17.7. The summed E-state index contributed by atoms with van der Waals surface area (Å²) in [4.78, 5) is 11.9. The van der Waals surface area contributed by atoms with Crippen LogP contribution in [-0.2, 0) is 16.1 Å². The van der Waals surface area contributed by atoms with Gasteiger partial charge in [0.2, 0.25) is 0 Å². The average Bonchev–Trinajstić information content (AvgIpc) is 2.44. The van der Waals surface area contributed by atoms with Gasteiger partial charge in [-0.2, -0.15) is 0 Å². The average molecular weight is 292 g/mol. The fourth-order valence-corrected chi connectivity index (χ4v) is 1.91. The van der Waals surface area contributed by atoms with E-state index in [0.717, 1.165) is 24.0 Å². The Balaban J connectivity index is 2.57. The fourth-order valence-electron chi connectivity index (χ4n) is 1.91. The fraction of sp³-hybridized carbons (Fsp3) is 0.611. The van der Waals surface area contributed by atoms with E-state index in [-0.39, 0.29) is 12.6 Å². The van der Waals surface area contributed by atoms with Gasteiger partial charge in [-0.15, -0.1) is 0 Å². The first-order chi connectivity index (χ1) is 9.76. The zero-order valence-corrected chi connectivity index (χ0v) is 13.8.